The number of fused-ring (bicyclic) bond motifs is 5. The third-order valence-electron chi connectivity index (χ3n) is 8.79. The first-order valence-electron chi connectivity index (χ1n) is 12.6. The Morgan fingerprint density at radius 1 is 0.971 bits per heavy atom. The van der Waals surface area contributed by atoms with Gasteiger partial charge in [0.2, 0.25) is 5.91 Å². The highest BCUT2D eigenvalue weighted by molar-refractivity contribution is 6.07. The lowest BCUT2D eigenvalue weighted by Crippen LogP contribution is -2.39. The Morgan fingerprint density at radius 3 is 2.57 bits per heavy atom. The predicted octanol–water partition coefficient (Wildman–Crippen LogP) is 3.57. The molecule has 2 amide bonds. The lowest BCUT2D eigenvalue weighted by molar-refractivity contribution is -0.120. The van der Waals surface area contributed by atoms with E-state index in [9.17, 15) is 9.59 Å². The van der Waals surface area contributed by atoms with E-state index in [2.05, 4.69) is 45.2 Å². The number of rotatable bonds is 2. The molecule has 0 radical (unpaired) electrons. The summed E-state index contributed by atoms with van der Waals surface area (Å²) in [5, 5.41) is 9.82. The van der Waals surface area contributed by atoms with Crippen molar-refractivity contribution in [1.29, 1.82) is 0 Å². The number of anilines is 1. The molecule has 3 heterocycles. The molecule has 2 unspecified atom stereocenters. The Bertz CT molecular complexity index is 1380. The van der Waals surface area contributed by atoms with Crippen molar-refractivity contribution >= 4 is 17.5 Å². The predicted molar refractivity (Wildman–Crippen MR) is 133 cm³/mol. The molecule has 6 heteroatoms. The molecule has 2 atom stereocenters. The molecule has 2 aromatic carbocycles. The van der Waals surface area contributed by atoms with Crippen LogP contribution >= 0.6 is 0 Å². The van der Waals surface area contributed by atoms with Crippen molar-refractivity contribution < 1.29 is 9.59 Å². The zero-order valence-electron chi connectivity index (χ0n) is 19.6. The number of carbonyl (C=O) groups excluding carboxylic acids is 2. The standard InChI is InChI=1S/C29H28N4O2/c34-26(32-25-16-28(9-11-30-12-10-28)21-6-2-1-5-20(21)25)24-13-18-14-29(15-19(18)17-31-24)22-7-3-4-8-23(22)33-27(29)35/h1-8,13,17,25,30H,9-12,14-16H2,(H,32,34)(H,33,35). The summed E-state index contributed by atoms with van der Waals surface area (Å²) in [5.74, 6) is -0.105. The SMILES string of the molecule is O=C(NC1CC2(CCNCC2)c2ccccc21)c1cc2c(cn1)CC1(C2)C(=O)Nc2ccccc21. The summed E-state index contributed by atoms with van der Waals surface area (Å²) in [5.41, 5.74) is 6.62. The fourth-order valence-corrected chi connectivity index (χ4v) is 7.04. The fraction of sp³-hybridized carbons (Fsp3) is 0.345. The van der Waals surface area contributed by atoms with Gasteiger partial charge in [-0.15, -0.1) is 0 Å². The number of para-hydroxylation sites is 1. The highest BCUT2D eigenvalue weighted by Gasteiger charge is 2.50. The Hall–Kier alpha value is -3.51. The van der Waals surface area contributed by atoms with Gasteiger partial charge in [0.15, 0.2) is 0 Å². The summed E-state index contributed by atoms with van der Waals surface area (Å²) >= 11 is 0. The van der Waals surface area contributed by atoms with Crippen LogP contribution in [0.1, 0.15) is 63.6 Å². The van der Waals surface area contributed by atoms with Gasteiger partial charge in [-0.3, -0.25) is 14.6 Å². The molecule has 7 rings (SSSR count). The van der Waals surface area contributed by atoms with Gasteiger partial charge in [0.05, 0.1) is 11.5 Å². The summed E-state index contributed by atoms with van der Waals surface area (Å²) in [6, 6.07) is 18.4. The summed E-state index contributed by atoms with van der Waals surface area (Å²) in [4.78, 5) is 30.9. The van der Waals surface area contributed by atoms with E-state index in [0.29, 0.717) is 18.5 Å². The average molecular weight is 465 g/mol. The molecule has 4 aliphatic rings. The van der Waals surface area contributed by atoms with E-state index in [1.54, 1.807) is 6.20 Å². The van der Waals surface area contributed by atoms with Crippen LogP contribution in [-0.2, 0) is 28.5 Å². The van der Waals surface area contributed by atoms with E-state index in [0.717, 1.165) is 54.7 Å². The molecule has 1 fully saturated rings. The normalized spacial score (nSPS) is 25.3. The number of carbonyl (C=O) groups is 2. The molecule has 1 saturated heterocycles. The summed E-state index contributed by atoms with van der Waals surface area (Å²) < 4.78 is 0. The minimum Gasteiger partial charge on any atom is -0.344 e. The fourth-order valence-electron chi connectivity index (χ4n) is 7.04. The second-order valence-corrected chi connectivity index (χ2v) is 10.6. The van der Waals surface area contributed by atoms with Gasteiger partial charge in [-0.2, -0.15) is 0 Å². The Kier molecular flexibility index (Phi) is 4.46. The molecule has 1 aromatic heterocycles. The number of hydrogen-bond donors (Lipinski definition) is 3. The van der Waals surface area contributed by atoms with E-state index in [1.807, 2.05) is 30.3 Å². The third-order valence-corrected chi connectivity index (χ3v) is 8.79. The van der Waals surface area contributed by atoms with Crippen molar-refractivity contribution in [2.75, 3.05) is 18.4 Å². The number of piperidine rings is 1. The summed E-state index contributed by atoms with van der Waals surface area (Å²) in [6.07, 6.45) is 6.13. The van der Waals surface area contributed by atoms with Gasteiger partial charge in [-0.25, -0.2) is 0 Å². The van der Waals surface area contributed by atoms with Gasteiger partial charge in [-0.05, 0) is 85.1 Å². The van der Waals surface area contributed by atoms with Gasteiger partial charge < -0.3 is 16.0 Å². The third kappa shape index (κ3) is 3.02. The van der Waals surface area contributed by atoms with E-state index in [-0.39, 0.29) is 23.3 Å². The number of aromatic nitrogens is 1. The van der Waals surface area contributed by atoms with Crippen molar-refractivity contribution in [3.8, 4) is 0 Å². The number of pyridine rings is 1. The highest BCUT2D eigenvalue weighted by atomic mass is 16.2. The minimum absolute atomic E-state index is 0.00863. The Balaban J connectivity index is 1.15. The Morgan fingerprint density at radius 2 is 1.71 bits per heavy atom. The van der Waals surface area contributed by atoms with Crippen molar-refractivity contribution in [1.82, 2.24) is 15.6 Å². The molecule has 3 aromatic rings. The molecule has 3 N–H and O–H groups in total. The first kappa shape index (κ1) is 20.8. The molecule has 35 heavy (non-hydrogen) atoms. The van der Waals surface area contributed by atoms with Crippen molar-refractivity contribution in [2.24, 2.45) is 0 Å². The molecule has 176 valence electrons. The number of benzene rings is 2. The van der Waals surface area contributed by atoms with Crippen LogP contribution in [0, 0.1) is 0 Å². The molecule has 6 nitrogen and oxygen atoms in total. The van der Waals surface area contributed by atoms with Crippen LogP contribution < -0.4 is 16.0 Å². The molecular weight excluding hydrogens is 436 g/mol. The van der Waals surface area contributed by atoms with Crippen LogP contribution in [0.2, 0.25) is 0 Å². The van der Waals surface area contributed by atoms with Crippen LogP contribution in [0.3, 0.4) is 0 Å². The number of hydrogen-bond acceptors (Lipinski definition) is 4. The molecule has 2 spiro atoms. The van der Waals surface area contributed by atoms with Crippen molar-refractivity contribution in [3.63, 3.8) is 0 Å². The maximum Gasteiger partial charge on any atom is 0.270 e. The van der Waals surface area contributed by atoms with Crippen LogP contribution in [-0.4, -0.2) is 29.9 Å². The van der Waals surface area contributed by atoms with Gasteiger partial charge in [0.1, 0.15) is 5.69 Å². The second kappa shape index (κ2) is 7.49. The first-order valence-corrected chi connectivity index (χ1v) is 12.6. The lowest BCUT2D eigenvalue weighted by atomic mass is 9.74. The zero-order chi connectivity index (χ0) is 23.6. The van der Waals surface area contributed by atoms with E-state index in [4.69, 9.17) is 0 Å². The zero-order valence-corrected chi connectivity index (χ0v) is 19.6. The van der Waals surface area contributed by atoms with Crippen LogP contribution in [0.4, 0.5) is 5.69 Å². The van der Waals surface area contributed by atoms with Gasteiger partial charge in [-0.1, -0.05) is 42.5 Å². The largest absolute Gasteiger partial charge is 0.344 e. The van der Waals surface area contributed by atoms with E-state index >= 15 is 0 Å². The average Bonchev–Trinajstić information content (AvgIpc) is 3.50. The highest BCUT2D eigenvalue weighted by Crippen LogP contribution is 2.50. The topological polar surface area (TPSA) is 83.1 Å². The molecule has 0 bridgehead atoms. The summed E-state index contributed by atoms with van der Waals surface area (Å²) in [6.45, 7) is 2.03. The van der Waals surface area contributed by atoms with Crippen molar-refractivity contribution in [3.05, 3.63) is 94.3 Å². The maximum atomic E-state index is 13.4. The lowest BCUT2D eigenvalue weighted by Gasteiger charge is -2.35. The Labute approximate surface area is 204 Å². The van der Waals surface area contributed by atoms with Gasteiger partial charge in [0, 0.05) is 17.3 Å². The second-order valence-electron chi connectivity index (χ2n) is 10.6. The quantitative estimate of drug-likeness (QED) is 0.542. The van der Waals surface area contributed by atoms with Crippen LogP contribution in [0.5, 0.6) is 0 Å². The monoisotopic (exact) mass is 464 g/mol. The first-order chi connectivity index (χ1) is 17.1. The maximum absolute atomic E-state index is 13.4. The number of amides is 2. The number of nitrogens with zero attached hydrogens (tertiary/aromatic N) is 1. The van der Waals surface area contributed by atoms with Crippen LogP contribution in [0.15, 0.2) is 60.8 Å². The molecule has 2 aliphatic heterocycles. The van der Waals surface area contributed by atoms with E-state index in [1.165, 1.54) is 11.1 Å². The van der Waals surface area contributed by atoms with Crippen molar-refractivity contribution in [2.45, 2.75) is 49.0 Å². The van der Waals surface area contributed by atoms with Gasteiger partial charge in [0.25, 0.3) is 5.91 Å². The number of nitrogens with one attached hydrogen (secondary N) is 3. The smallest absolute Gasteiger partial charge is 0.270 e. The molecule has 2 aliphatic carbocycles. The minimum atomic E-state index is -0.596. The molecule has 0 saturated carbocycles. The van der Waals surface area contributed by atoms with Gasteiger partial charge >= 0.3 is 0 Å². The van der Waals surface area contributed by atoms with E-state index < -0.39 is 5.41 Å². The summed E-state index contributed by atoms with van der Waals surface area (Å²) in [7, 11) is 0. The van der Waals surface area contributed by atoms with Crippen LogP contribution in [0.25, 0.3) is 0 Å². The molecular formula is C29H28N4O2.